The van der Waals surface area contributed by atoms with Gasteiger partial charge in [0.2, 0.25) is 5.91 Å². The molecule has 7 heteroatoms. The number of nitrogens with zero attached hydrogens (tertiary/aromatic N) is 3. The molecule has 2 aromatic carbocycles. The van der Waals surface area contributed by atoms with Crippen molar-refractivity contribution in [2.75, 3.05) is 38.7 Å². The SMILES string of the molecule is CN(C)CC(=O)N1C[C@@H]2[C@H](c3ccccc31)[C@H](CO)N2Cc1cc(F)ccc1F. The van der Waals surface area contributed by atoms with Gasteiger partial charge < -0.3 is 14.9 Å². The predicted octanol–water partition coefficient (Wildman–Crippen LogP) is 2.20. The second-order valence-electron chi connectivity index (χ2n) is 8.05. The molecule has 1 amide bonds. The van der Waals surface area contributed by atoms with Gasteiger partial charge in [-0.05, 0) is 43.9 Å². The molecule has 1 fully saturated rings. The Morgan fingerprint density at radius 2 is 1.97 bits per heavy atom. The van der Waals surface area contributed by atoms with Crippen molar-refractivity contribution in [3.8, 4) is 0 Å². The minimum Gasteiger partial charge on any atom is -0.395 e. The summed E-state index contributed by atoms with van der Waals surface area (Å²) in [7, 11) is 3.70. The van der Waals surface area contributed by atoms with Gasteiger partial charge in [-0.1, -0.05) is 18.2 Å². The van der Waals surface area contributed by atoms with E-state index in [0.29, 0.717) is 6.54 Å². The summed E-state index contributed by atoms with van der Waals surface area (Å²) in [5.41, 5.74) is 2.15. The van der Waals surface area contributed by atoms with Crippen LogP contribution in [0.5, 0.6) is 0 Å². The van der Waals surface area contributed by atoms with Gasteiger partial charge >= 0.3 is 0 Å². The number of para-hydroxylation sites is 1. The van der Waals surface area contributed by atoms with Crippen LogP contribution in [-0.4, -0.2) is 66.7 Å². The quantitative estimate of drug-likeness (QED) is 0.835. The van der Waals surface area contributed by atoms with Gasteiger partial charge in [0.25, 0.3) is 0 Å². The lowest BCUT2D eigenvalue weighted by molar-refractivity contribution is -0.120. The van der Waals surface area contributed by atoms with Gasteiger partial charge in [0.15, 0.2) is 0 Å². The molecule has 2 heterocycles. The van der Waals surface area contributed by atoms with Gasteiger partial charge in [-0.3, -0.25) is 9.69 Å². The van der Waals surface area contributed by atoms with Gasteiger partial charge in [0.05, 0.1) is 13.2 Å². The van der Waals surface area contributed by atoms with Crippen molar-refractivity contribution in [3.05, 3.63) is 65.2 Å². The Morgan fingerprint density at radius 3 is 2.69 bits per heavy atom. The topological polar surface area (TPSA) is 47.0 Å². The van der Waals surface area contributed by atoms with Gasteiger partial charge in [-0.25, -0.2) is 8.78 Å². The molecule has 3 atom stereocenters. The van der Waals surface area contributed by atoms with Crippen LogP contribution in [0.2, 0.25) is 0 Å². The number of anilines is 1. The first kappa shape index (κ1) is 19.9. The standard InChI is InChI=1S/C22H25F2N3O2/c1-25(2)12-21(29)27-11-19-22(16-5-3-4-6-18(16)27)20(13-28)26(19)10-14-9-15(23)7-8-17(14)24/h3-9,19-20,22,28H,10-13H2,1-2H3/t19-,20+,22+/m1/s1. The van der Waals surface area contributed by atoms with Gasteiger partial charge in [0.1, 0.15) is 11.6 Å². The zero-order chi connectivity index (χ0) is 20.7. The van der Waals surface area contributed by atoms with Crippen molar-refractivity contribution in [1.82, 2.24) is 9.80 Å². The Balaban J connectivity index is 1.66. The van der Waals surface area contributed by atoms with Crippen LogP contribution in [0.15, 0.2) is 42.5 Å². The molecule has 1 N–H and O–H groups in total. The Labute approximate surface area is 169 Å². The first-order valence-electron chi connectivity index (χ1n) is 9.75. The molecule has 0 radical (unpaired) electrons. The number of fused-ring (bicyclic) bond motifs is 3. The fourth-order valence-electron chi connectivity index (χ4n) is 4.65. The highest BCUT2D eigenvalue weighted by Gasteiger charge is 2.53. The highest BCUT2D eigenvalue weighted by molar-refractivity contribution is 5.96. The van der Waals surface area contributed by atoms with Crippen molar-refractivity contribution >= 4 is 11.6 Å². The third-order valence-electron chi connectivity index (χ3n) is 5.94. The van der Waals surface area contributed by atoms with Crippen molar-refractivity contribution in [3.63, 3.8) is 0 Å². The summed E-state index contributed by atoms with van der Waals surface area (Å²) in [6.07, 6.45) is 0. The minimum atomic E-state index is -0.490. The molecule has 1 saturated heterocycles. The number of likely N-dealkylation sites (tertiary alicyclic amines) is 1. The lowest BCUT2D eigenvalue weighted by Gasteiger charge is -2.59. The molecule has 0 aliphatic carbocycles. The number of benzene rings is 2. The average Bonchev–Trinajstić information content (AvgIpc) is 2.68. The van der Waals surface area contributed by atoms with Crippen molar-refractivity contribution in [1.29, 1.82) is 0 Å². The summed E-state index contributed by atoms with van der Waals surface area (Å²) in [6, 6.07) is 10.9. The number of carbonyl (C=O) groups excluding carboxylic acids is 1. The summed E-state index contributed by atoms with van der Waals surface area (Å²) in [5.74, 6) is -0.916. The molecule has 0 aromatic heterocycles. The molecule has 0 bridgehead atoms. The number of carbonyl (C=O) groups is 1. The maximum atomic E-state index is 14.2. The van der Waals surface area contributed by atoms with E-state index in [1.807, 2.05) is 48.2 Å². The number of halogens is 2. The molecule has 0 spiro atoms. The van der Waals surface area contributed by atoms with Crippen LogP contribution in [0.3, 0.4) is 0 Å². The van der Waals surface area contributed by atoms with E-state index in [1.165, 1.54) is 6.07 Å². The molecule has 29 heavy (non-hydrogen) atoms. The van der Waals surface area contributed by atoms with Gasteiger partial charge in [-0.2, -0.15) is 0 Å². The largest absolute Gasteiger partial charge is 0.395 e. The highest BCUT2D eigenvalue weighted by Crippen LogP contribution is 2.48. The van der Waals surface area contributed by atoms with Crippen LogP contribution in [0.1, 0.15) is 17.0 Å². The van der Waals surface area contributed by atoms with Crippen LogP contribution in [0, 0.1) is 11.6 Å². The summed E-state index contributed by atoms with van der Waals surface area (Å²) in [6.45, 7) is 0.849. The summed E-state index contributed by atoms with van der Waals surface area (Å²) < 4.78 is 27.8. The number of hydrogen-bond acceptors (Lipinski definition) is 4. The van der Waals surface area contributed by atoms with Crippen LogP contribution in [0.25, 0.3) is 0 Å². The molecular formula is C22H25F2N3O2. The van der Waals surface area contributed by atoms with E-state index in [-0.39, 0.29) is 49.2 Å². The molecule has 154 valence electrons. The van der Waals surface area contributed by atoms with Crippen molar-refractivity contribution in [2.24, 2.45) is 0 Å². The van der Waals surface area contributed by atoms with E-state index in [0.717, 1.165) is 23.4 Å². The fourth-order valence-corrected chi connectivity index (χ4v) is 4.65. The van der Waals surface area contributed by atoms with E-state index >= 15 is 0 Å². The Kier molecular flexibility index (Phi) is 5.38. The third-order valence-corrected chi connectivity index (χ3v) is 5.94. The molecule has 2 aliphatic heterocycles. The normalized spacial score (nSPS) is 23.5. The monoisotopic (exact) mass is 401 g/mol. The third kappa shape index (κ3) is 3.54. The Morgan fingerprint density at radius 1 is 1.21 bits per heavy atom. The molecular weight excluding hydrogens is 376 g/mol. The number of amides is 1. The van der Waals surface area contributed by atoms with E-state index < -0.39 is 11.6 Å². The number of aliphatic hydroxyl groups excluding tert-OH is 1. The van der Waals surface area contributed by atoms with Crippen molar-refractivity contribution in [2.45, 2.75) is 24.5 Å². The lowest BCUT2D eigenvalue weighted by atomic mass is 9.71. The zero-order valence-electron chi connectivity index (χ0n) is 16.6. The molecule has 0 saturated carbocycles. The van der Waals surface area contributed by atoms with Gasteiger partial charge in [0, 0.05) is 42.3 Å². The first-order valence-corrected chi connectivity index (χ1v) is 9.75. The molecule has 5 nitrogen and oxygen atoms in total. The van der Waals surface area contributed by atoms with Crippen molar-refractivity contribution < 1.29 is 18.7 Å². The molecule has 2 aliphatic rings. The van der Waals surface area contributed by atoms with E-state index in [1.54, 1.807) is 4.90 Å². The second-order valence-corrected chi connectivity index (χ2v) is 8.05. The van der Waals surface area contributed by atoms with Crippen LogP contribution in [0.4, 0.5) is 14.5 Å². The number of hydrogen-bond donors (Lipinski definition) is 1. The van der Waals surface area contributed by atoms with Crippen LogP contribution < -0.4 is 4.90 Å². The predicted molar refractivity (Wildman–Crippen MR) is 107 cm³/mol. The molecule has 0 unspecified atom stereocenters. The minimum absolute atomic E-state index is 0.00904. The summed E-state index contributed by atoms with van der Waals surface area (Å²) >= 11 is 0. The number of rotatable bonds is 5. The summed E-state index contributed by atoms with van der Waals surface area (Å²) in [4.78, 5) is 18.5. The first-order chi connectivity index (χ1) is 13.9. The Bertz CT molecular complexity index is 921. The lowest BCUT2D eigenvalue weighted by Crippen LogP contribution is -2.69. The maximum absolute atomic E-state index is 14.2. The molecule has 2 aromatic rings. The van der Waals surface area contributed by atoms with Gasteiger partial charge in [-0.15, -0.1) is 0 Å². The Hall–Kier alpha value is -2.35. The van der Waals surface area contributed by atoms with Crippen LogP contribution in [-0.2, 0) is 11.3 Å². The highest BCUT2D eigenvalue weighted by atomic mass is 19.1. The smallest absolute Gasteiger partial charge is 0.241 e. The van der Waals surface area contributed by atoms with E-state index in [4.69, 9.17) is 0 Å². The maximum Gasteiger partial charge on any atom is 0.241 e. The fraction of sp³-hybridized carbons (Fsp3) is 0.409. The van der Waals surface area contributed by atoms with E-state index in [2.05, 4.69) is 0 Å². The number of aliphatic hydroxyl groups is 1. The zero-order valence-corrected chi connectivity index (χ0v) is 16.6. The van der Waals surface area contributed by atoms with Crippen LogP contribution >= 0.6 is 0 Å². The average molecular weight is 401 g/mol. The number of likely N-dealkylation sites (N-methyl/N-ethyl adjacent to an activating group) is 1. The summed E-state index contributed by atoms with van der Waals surface area (Å²) in [5, 5.41) is 10.0. The van der Waals surface area contributed by atoms with E-state index in [9.17, 15) is 18.7 Å². The molecule has 4 rings (SSSR count). The second kappa shape index (κ2) is 7.82.